The van der Waals surface area contributed by atoms with Crippen LogP contribution in [0.25, 0.3) is 10.1 Å². The standard InChI is InChI=1S/C18H20ClNO2S/c19-16-14-5-1-2-6-15(14)23-17(16)18(21)20(10-12-7-8-12)11-13-4-3-9-22-13/h1-2,5-6,12-13H,3-4,7-11H2. The van der Waals surface area contributed by atoms with Crippen LogP contribution in [0.4, 0.5) is 0 Å². The first-order valence-electron chi connectivity index (χ1n) is 8.30. The molecule has 1 atom stereocenters. The summed E-state index contributed by atoms with van der Waals surface area (Å²) in [7, 11) is 0. The minimum Gasteiger partial charge on any atom is -0.376 e. The predicted molar refractivity (Wildman–Crippen MR) is 94.4 cm³/mol. The number of carbonyl (C=O) groups excluding carboxylic acids is 1. The third-order valence-corrected chi connectivity index (χ3v) is 6.30. The summed E-state index contributed by atoms with van der Waals surface area (Å²) in [6.07, 6.45) is 4.80. The van der Waals surface area contributed by atoms with E-state index in [1.165, 1.54) is 24.2 Å². The summed E-state index contributed by atoms with van der Waals surface area (Å²) in [5.41, 5.74) is 0. The lowest BCUT2D eigenvalue weighted by Crippen LogP contribution is -2.38. The van der Waals surface area contributed by atoms with Gasteiger partial charge in [0.2, 0.25) is 0 Å². The van der Waals surface area contributed by atoms with Crippen LogP contribution in [0.15, 0.2) is 24.3 Å². The molecule has 1 amide bonds. The second-order valence-corrected chi connectivity index (χ2v) is 7.96. The minimum absolute atomic E-state index is 0.0681. The Labute approximate surface area is 145 Å². The zero-order chi connectivity index (χ0) is 15.8. The minimum atomic E-state index is 0.0681. The highest BCUT2D eigenvalue weighted by atomic mass is 35.5. The number of nitrogens with zero attached hydrogens (tertiary/aromatic N) is 1. The number of ether oxygens (including phenoxy) is 1. The number of carbonyl (C=O) groups is 1. The van der Waals surface area contributed by atoms with Gasteiger partial charge in [-0.05, 0) is 37.7 Å². The van der Waals surface area contributed by atoms with Crippen LogP contribution in [0.1, 0.15) is 35.4 Å². The molecule has 0 radical (unpaired) electrons. The molecule has 0 spiro atoms. The summed E-state index contributed by atoms with van der Waals surface area (Å²) < 4.78 is 6.81. The van der Waals surface area contributed by atoms with E-state index in [9.17, 15) is 4.79 Å². The molecule has 3 nitrogen and oxygen atoms in total. The number of rotatable bonds is 5. The van der Waals surface area contributed by atoms with Crippen molar-refractivity contribution in [2.75, 3.05) is 19.7 Å². The lowest BCUT2D eigenvalue weighted by molar-refractivity contribution is 0.0519. The normalized spacial score (nSPS) is 21.0. The summed E-state index contributed by atoms with van der Waals surface area (Å²) in [5, 5.41) is 1.58. The molecule has 1 aliphatic heterocycles. The molecule has 1 aromatic carbocycles. The third kappa shape index (κ3) is 3.25. The van der Waals surface area contributed by atoms with E-state index in [4.69, 9.17) is 16.3 Å². The van der Waals surface area contributed by atoms with Gasteiger partial charge in [-0.3, -0.25) is 4.79 Å². The van der Waals surface area contributed by atoms with Crippen LogP contribution in [-0.2, 0) is 4.74 Å². The number of amides is 1. The zero-order valence-electron chi connectivity index (χ0n) is 13.0. The van der Waals surface area contributed by atoms with E-state index in [0.29, 0.717) is 22.4 Å². The highest BCUT2D eigenvalue weighted by Gasteiger charge is 2.31. The van der Waals surface area contributed by atoms with E-state index in [2.05, 4.69) is 0 Å². The van der Waals surface area contributed by atoms with Gasteiger partial charge in [0.05, 0.1) is 11.1 Å². The largest absolute Gasteiger partial charge is 0.376 e. The molecule has 4 rings (SSSR count). The predicted octanol–water partition coefficient (Wildman–Crippen LogP) is 4.59. The maximum Gasteiger partial charge on any atom is 0.265 e. The molecule has 5 heteroatoms. The first-order valence-corrected chi connectivity index (χ1v) is 9.49. The number of thiophene rings is 1. The monoisotopic (exact) mass is 349 g/mol. The fourth-order valence-electron chi connectivity index (χ4n) is 3.18. The highest BCUT2D eigenvalue weighted by Crippen LogP contribution is 2.37. The van der Waals surface area contributed by atoms with Crippen molar-refractivity contribution in [3.8, 4) is 0 Å². The van der Waals surface area contributed by atoms with Crippen LogP contribution in [-0.4, -0.2) is 36.6 Å². The number of benzene rings is 1. The van der Waals surface area contributed by atoms with Crippen LogP contribution in [0.2, 0.25) is 5.02 Å². The van der Waals surface area contributed by atoms with E-state index >= 15 is 0 Å². The number of hydrogen-bond acceptors (Lipinski definition) is 3. The maximum atomic E-state index is 13.1. The molecule has 0 N–H and O–H groups in total. The van der Waals surface area contributed by atoms with Crippen LogP contribution in [0, 0.1) is 5.92 Å². The Kier molecular flexibility index (Phi) is 4.31. The van der Waals surface area contributed by atoms with Crippen molar-refractivity contribution in [1.82, 2.24) is 4.90 Å². The number of halogens is 1. The molecule has 2 heterocycles. The van der Waals surface area contributed by atoms with Gasteiger partial charge < -0.3 is 9.64 Å². The van der Waals surface area contributed by atoms with Gasteiger partial charge >= 0.3 is 0 Å². The summed E-state index contributed by atoms with van der Waals surface area (Å²) in [5.74, 6) is 0.729. The molecule has 1 aliphatic carbocycles. The number of hydrogen-bond donors (Lipinski definition) is 0. The number of fused-ring (bicyclic) bond motifs is 1. The smallest absolute Gasteiger partial charge is 0.265 e. The maximum absolute atomic E-state index is 13.1. The average molecular weight is 350 g/mol. The molecule has 23 heavy (non-hydrogen) atoms. The van der Waals surface area contributed by atoms with Gasteiger partial charge in [-0.15, -0.1) is 11.3 Å². The topological polar surface area (TPSA) is 29.5 Å². The highest BCUT2D eigenvalue weighted by molar-refractivity contribution is 7.21. The lowest BCUT2D eigenvalue weighted by Gasteiger charge is -2.25. The van der Waals surface area contributed by atoms with Gasteiger partial charge in [0.25, 0.3) is 5.91 Å². The summed E-state index contributed by atoms with van der Waals surface area (Å²) in [4.78, 5) is 15.7. The van der Waals surface area contributed by atoms with Gasteiger partial charge in [-0.2, -0.15) is 0 Å². The van der Waals surface area contributed by atoms with Crippen molar-refractivity contribution >= 4 is 38.9 Å². The van der Waals surface area contributed by atoms with Gasteiger partial charge in [0, 0.05) is 29.8 Å². The van der Waals surface area contributed by atoms with E-state index in [-0.39, 0.29) is 12.0 Å². The summed E-state index contributed by atoms with van der Waals surface area (Å²) >= 11 is 8.00. The van der Waals surface area contributed by atoms with Crippen molar-refractivity contribution in [1.29, 1.82) is 0 Å². The van der Waals surface area contributed by atoms with Crippen molar-refractivity contribution in [3.63, 3.8) is 0 Å². The summed E-state index contributed by atoms with van der Waals surface area (Å²) in [6.45, 7) is 2.35. The average Bonchev–Trinajstić information content (AvgIpc) is 3.11. The Bertz CT molecular complexity index is 719. The molecule has 122 valence electrons. The SMILES string of the molecule is O=C(c1sc2ccccc2c1Cl)N(CC1CC1)CC1CCCO1. The van der Waals surface area contributed by atoms with E-state index in [1.807, 2.05) is 29.2 Å². The van der Waals surface area contributed by atoms with Crippen LogP contribution in [0.3, 0.4) is 0 Å². The first kappa shape index (κ1) is 15.4. The zero-order valence-corrected chi connectivity index (χ0v) is 14.5. The lowest BCUT2D eigenvalue weighted by atomic mass is 10.2. The molecule has 1 saturated carbocycles. The fourth-order valence-corrected chi connectivity index (χ4v) is 4.66. The van der Waals surface area contributed by atoms with Crippen LogP contribution < -0.4 is 0 Å². The summed E-state index contributed by atoms with van der Waals surface area (Å²) in [6, 6.07) is 7.95. The Hall–Kier alpha value is -1.10. The molecule has 1 unspecified atom stereocenters. The Morgan fingerprint density at radius 2 is 2.09 bits per heavy atom. The van der Waals surface area contributed by atoms with Gasteiger partial charge in [0.1, 0.15) is 4.88 Å². The molecule has 2 fully saturated rings. The molecule has 1 saturated heterocycles. The Balaban J connectivity index is 1.60. The first-order chi connectivity index (χ1) is 11.2. The van der Waals surface area contributed by atoms with Gasteiger partial charge in [0.15, 0.2) is 0 Å². The fraction of sp³-hybridized carbons (Fsp3) is 0.500. The second-order valence-electron chi connectivity index (χ2n) is 6.53. The van der Waals surface area contributed by atoms with Crippen LogP contribution in [0.5, 0.6) is 0 Å². The van der Waals surface area contributed by atoms with Crippen LogP contribution >= 0.6 is 22.9 Å². The molecule has 0 bridgehead atoms. The molecular weight excluding hydrogens is 330 g/mol. The van der Waals surface area contributed by atoms with Crippen molar-refractivity contribution < 1.29 is 9.53 Å². The van der Waals surface area contributed by atoms with E-state index < -0.39 is 0 Å². The second kappa shape index (κ2) is 6.42. The van der Waals surface area contributed by atoms with Crippen molar-refractivity contribution in [2.24, 2.45) is 5.92 Å². The molecule has 1 aromatic heterocycles. The van der Waals surface area contributed by atoms with E-state index in [1.54, 1.807) is 0 Å². The van der Waals surface area contributed by atoms with Gasteiger partial charge in [-0.25, -0.2) is 0 Å². The van der Waals surface area contributed by atoms with Gasteiger partial charge in [-0.1, -0.05) is 29.8 Å². The van der Waals surface area contributed by atoms with E-state index in [0.717, 1.165) is 36.1 Å². The molecular formula is C18H20ClNO2S. The molecule has 2 aromatic rings. The molecule has 2 aliphatic rings. The Morgan fingerprint density at radius 3 is 2.78 bits per heavy atom. The quantitative estimate of drug-likeness (QED) is 0.790. The third-order valence-electron chi connectivity index (χ3n) is 4.64. The van der Waals surface area contributed by atoms with Crippen molar-refractivity contribution in [3.05, 3.63) is 34.2 Å². The van der Waals surface area contributed by atoms with Crippen molar-refractivity contribution in [2.45, 2.75) is 31.8 Å². The Morgan fingerprint density at radius 1 is 1.26 bits per heavy atom.